The Hall–Kier alpha value is -3.13. The molecule has 0 aliphatic heterocycles. The number of benzene rings is 3. The minimum Gasteiger partial charge on any atom is -0.309 e. The number of ketones is 1. The Morgan fingerprint density at radius 1 is 0.846 bits per heavy atom. The maximum absolute atomic E-state index is 12.3. The molecule has 0 saturated heterocycles. The van der Waals surface area contributed by atoms with Crippen molar-refractivity contribution in [3.05, 3.63) is 89.5 Å². The van der Waals surface area contributed by atoms with Gasteiger partial charge in [-0.1, -0.05) is 41.5 Å². The first-order chi connectivity index (χ1) is 12.6. The fourth-order valence-electron chi connectivity index (χ4n) is 3.58. The van der Waals surface area contributed by atoms with Gasteiger partial charge in [-0.15, -0.1) is 0 Å². The summed E-state index contributed by atoms with van der Waals surface area (Å²) >= 11 is 0. The van der Waals surface area contributed by atoms with E-state index in [9.17, 15) is 4.79 Å². The van der Waals surface area contributed by atoms with E-state index in [4.69, 9.17) is 0 Å². The van der Waals surface area contributed by atoms with Crippen molar-refractivity contribution < 1.29 is 4.79 Å². The number of hydrogen-bond acceptors (Lipinski definition) is 1. The van der Waals surface area contributed by atoms with Crippen LogP contribution in [-0.4, -0.2) is 10.4 Å². The summed E-state index contributed by atoms with van der Waals surface area (Å²) in [5, 5.41) is 2.49. The number of aromatic nitrogens is 1. The molecule has 0 atom stereocenters. The normalized spacial score (nSPS) is 11.7. The average molecular weight is 339 g/mol. The summed E-state index contributed by atoms with van der Waals surface area (Å²) in [7, 11) is 0. The van der Waals surface area contributed by atoms with Crippen LogP contribution in [-0.2, 0) is 0 Å². The lowest BCUT2D eigenvalue weighted by molar-refractivity contribution is 0.104. The van der Waals surface area contributed by atoms with Gasteiger partial charge in [-0.2, -0.15) is 0 Å². The first-order valence-electron chi connectivity index (χ1n) is 8.87. The lowest BCUT2D eigenvalue weighted by Gasteiger charge is -2.09. The van der Waals surface area contributed by atoms with Crippen LogP contribution < -0.4 is 0 Å². The van der Waals surface area contributed by atoms with E-state index in [2.05, 4.69) is 60.9 Å². The Balaban J connectivity index is 2.05. The van der Waals surface area contributed by atoms with Gasteiger partial charge in [-0.25, -0.2) is 0 Å². The molecule has 4 aromatic rings. The minimum absolute atomic E-state index is 0.0295. The summed E-state index contributed by atoms with van der Waals surface area (Å²) in [6.45, 7) is 6.10. The molecule has 0 fully saturated rings. The second-order valence-corrected chi connectivity index (χ2v) is 6.79. The van der Waals surface area contributed by atoms with Crippen molar-refractivity contribution >= 4 is 27.6 Å². The minimum atomic E-state index is 0.0295. The summed E-state index contributed by atoms with van der Waals surface area (Å²) in [6.07, 6.45) is 3.39. The first kappa shape index (κ1) is 16.3. The molecule has 2 nitrogen and oxygen atoms in total. The molecule has 2 heteroatoms. The van der Waals surface area contributed by atoms with Gasteiger partial charge in [-0.05, 0) is 63.2 Å². The molecule has 1 heterocycles. The van der Waals surface area contributed by atoms with E-state index in [-0.39, 0.29) is 5.78 Å². The van der Waals surface area contributed by atoms with E-state index in [1.165, 1.54) is 21.9 Å². The smallest absolute Gasteiger partial charge is 0.185 e. The van der Waals surface area contributed by atoms with E-state index < -0.39 is 0 Å². The number of carbonyl (C=O) groups excluding carboxylic acids is 1. The van der Waals surface area contributed by atoms with E-state index in [0.717, 1.165) is 16.7 Å². The van der Waals surface area contributed by atoms with Crippen molar-refractivity contribution in [1.82, 2.24) is 4.57 Å². The van der Waals surface area contributed by atoms with Crippen LogP contribution in [0, 0.1) is 13.8 Å². The molecule has 0 aliphatic carbocycles. The monoisotopic (exact) mass is 339 g/mol. The molecular weight excluding hydrogens is 318 g/mol. The zero-order chi connectivity index (χ0) is 18.3. The third-order valence-electron chi connectivity index (χ3n) is 4.78. The van der Waals surface area contributed by atoms with Crippen LogP contribution in [0.2, 0.25) is 0 Å². The Labute approximate surface area is 153 Å². The van der Waals surface area contributed by atoms with Crippen LogP contribution in [0.15, 0.2) is 72.8 Å². The Kier molecular flexibility index (Phi) is 3.96. The summed E-state index contributed by atoms with van der Waals surface area (Å²) in [6, 6.07) is 20.9. The highest BCUT2D eigenvalue weighted by molar-refractivity contribution is 6.10. The maximum atomic E-state index is 12.3. The number of rotatable bonds is 3. The lowest BCUT2D eigenvalue weighted by atomic mass is 10.1. The topological polar surface area (TPSA) is 22.0 Å². The van der Waals surface area contributed by atoms with Gasteiger partial charge in [0.1, 0.15) is 0 Å². The SMILES string of the molecule is C/C=C/C(=O)c1cccc(-n2c3ccc(C)cc3c3cc(C)ccc32)c1. The summed E-state index contributed by atoms with van der Waals surface area (Å²) in [5.74, 6) is 0.0295. The number of fused-ring (bicyclic) bond motifs is 3. The number of hydrogen-bond donors (Lipinski definition) is 0. The van der Waals surface area contributed by atoms with E-state index in [1.54, 1.807) is 12.2 Å². The van der Waals surface area contributed by atoms with Gasteiger partial charge in [-0.3, -0.25) is 4.79 Å². The molecule has 26 heavy (non-hydrogen) atoms. The van der Waals surface area contributed by atoms with Gasteiger partial charge in [0.25, 0.3) is 0 Å². The van der Waals surface area contributed by atoms with E-state index >= 15 is 0 Å². The van der Waals surface area contributed by atoms with Crippen LogP contribution in [0.25, 0.3) is 27.5 Å². The first-order valence-corrected chi connectivity index (χ1v) is 8.87. The van der Waals surface area contributed by atoms with Gasteiger partial charge >= 0.3 is 0 Å². The fourth-order valence-corrected chi connectivity index (χ4v) is 3.58. The highest BCUT2D eigenvalue weighted by Crippen LogP contribution is 2.33. The van der Waals surface area contributed by atoms with Gasteiger partial charge in [0.2, 0.25) is 0 Å². The van der Waals surface area contributed by atoms with Gasteiger partial charge < -0.3 is 4.57 Å². The maximum Gasteiger partial charge on any atom is 0.185 e. The molecule has 128 valence electrons. The third-order valence-corrected chi connectivity index (χ3v) is 4.78. The second-order valence-electron chi connectivity index (χ2n) is 6.79. The number of nitrogens with zero attached hydrogens (tertiary/aromatic N) is 1. The summed E-state index contributed by atoms with van der Waals surface area (Å²) in [5.41, 5.74) is 6.52. The Bertz CT molecular complexity index is 1120. The number of aryl methyl sites for hydroxylation is 2. The Morgan fingerprint density at radius 2 is 1.46 bits per heavy atom. The van der Waals surface area contributed by atoms with Gasteiger partial charge in [0.05, 0.1) is 11.0 Å². The van der Waals surface area contributed by atoms with Crippen LogP contribution in [0.3, 0.4) is 0 Å². The van der Waals surface area contributed by atoms with Crippen LogP contribution in [0.1, 0.15) is 28.4 Å². The highest BCUT2D eigenvalue weighted by atomic mass is 16.1. The van der Waals surface area contributed by atoms with Crippen molar-refractivity contribution in [3.8, 4) is 5.69 Å². The average Bonchev–Trinajstić information content (AvgIpc) is 2.95. The highest BCUT2D eigenvalue weighted by Gasteiger charge is 2.13. The van der Waals surface area contributed by atoms with Crippen molar-refractivity contribution in [2.75, 3.05) is 0 Å². The predicted octanol–water partition coefficient (Wildman–Crippen LogP) is 6.16. The quantitative estimate of drug-likeness (QED) is 0.324. The lowest BCUT2D eigenvalue weighted by Crippen LogP contribution is -1.99. The fraction of sp³-hybridized carbons (Fsp3) is 0.125. The molecule has 0 amide bonds. The van der Waals surface area contributed by atoms with Crippen LogP contribution in [0.4, 0.5) is 0 Å². The van der Waals surface area contributed by atoms with Gasteiger partial charge in [0, 0.05) is 22.0 Å². The molecule has 0 spiro atoms. The molecule has 0 unspecified atom stereocenters. The summed E-state index contributed by atoms with van der Waals surface area (Å²) < 4.78 is 2.25. The molecule has 0 bridgehead atoms. The number of allylic oxidation sites excluding steroid dienone is 2. The molecule has 0 aliphatic rings. The molecule has 3 aromatic carbocycles. The molecule has 0 saturated carbocycles. The van der Waals surface area contributed by atoms with Gasteiger partial charge in [0.15, 0.2) is 5.78 Å². The molecular formula is C24H21NO. The number of carbonyl (C=O) groups is 1. The van der Waals surface area contributed by atoms with E-state index in [1.807, 2.05) is 25.1 Å². The Morgan fingerprint density at radius 3 is 2.04 bits per heavy atom. The molecule has 4 rings (SSSR count). The van der Waals surface area contributed by atoms with Crippen LogP contribution in [0.5, 0.6) is 0 Å². The second kappa shape index (κ2) is 6.30. The zero-order valence-corrected chi connectivity index (χ0v) is 15.3. The standard InChI is InChI=1S/C24H21NO/c1-4-6-24(26)18-7-5-8-19(15-18)25-22-11-9-16(2)13-20(22)21-14-17(3)10-12-23(21)25/h4-15H,1-3H3/b6-4+. The zero-order valence-electron chi connectivity index (χ0n) is 15.3. The van der Waals surface area contributed by atoms with Crippen LogP contribution >= 0.6 is 0 Å². The molecule has 0 radical (unpaired) electrons. The summed E-state index contributed by atoms with van der Waals surface area (Å²) in [4.78, 5) is 12.3. The van der Waals surface area contributed by atoms with Crippen molar-refractivity contribution in [3.63, 3.8) is 0 Å². The van der Waals surface area contributed by atoms with Crippen molar-refractivity contribution in [2.24, 2.45) is 0 Å². The van der Waals surface area contributed by atoms with Crippen molar-refractivity contribution in [2.45, 2.75) is 20.8 Å². The predicted molar refractivity (Wildman–Crippen MR) is 109 cm³/mol. The molecule has 0 N–H and O–H groups in total. The van der Waals surface area contributed by atoms with E-state index in [0.29, 0.717) is 5.56 Å². The van der Waals surface area contributed by atoms with Crippen molar-refractivity contribution in [1.29, 1.82) is 0 Å². The third kappa shape index (κ3) is 2.64. The largest absolute Gasteiger partial charge is 0.309 e. The molecule has 1 aromatic heterocycles.